The normalized spacial score (nSPS) is 18.1. The number of rotatable bonds is 4. The largest absolute Gasteiger partial charge is 0.461 e. The van der Waals surface area contributed by atoms with Gasteiger partial charge < -0.3 is 4.74 Å². The third kappa shape index (κ3) is 3.36. The summed E-state index contributed by atoms with van der Waals surface area (Å²) in [6, 6.07) is 0. The number of piperidine rings is 1. The van der Waals surface area contributed by atoms with Crippen LogP contribution in [0.15, 0.2) is 5.51 Å². The van der Waals surface area contributed by atoms with Crippen LogP contribution in [0, 0.1) is 0 Å². The highest BCUT2D eigenvalue weighted by molar-refractivity contribution is 7.88. The Bertz CT molecular complexity index is 574. The van der Waals surface area contributed by atoms with Crippen molar-refractivity contribution < 1.29 is 17.9 Å². The molecule has 0 unspecified atom stereocenters. The molecule has 0 bridgehead atoms. The minimum atomic E-state index is -3.12. The van der Waals surface area contributed by atoms with E-state index in [0.717, 1.165) is 4.88 Å². The average Bonchev–Trinajstić information content (AvgIpc) is 2.87. The second kappa shape index (κ2) is 6.19. The molecule has 2 heterocycles. The first-order valence-electron chi connectivity index (χ1n) is 6.49. The molecule has 0 saturated carbocycles. The van der Waals surface area contributed by atoms with E-state index < -0.39 is 16.0 Å². The molecule has 8 heteroatoms. The molecular formula is C12H18N2O4S2. The summed E-state index contributed by atoms with van der Waals surface area (Å²) in [7, 11) is -3.12. The Morgan fingerprint density at radius 2 is 2.15 bits per heavy atom. The van der Waals surface area contributed by atoms with Gasteiger partial charge in [0.15, 0.2) is 5.69 Å². The fraction of sp³-hybridized carbons (Fsp3) is 0.667. The van der Waals surface area contributed by atoms with Gasteiger partial charge in [-0.1, -0.05) is 0 Å². The molecule has 0 amide bonds. The highest BCUT2D eigenvalue weighted by Crippen LogP contribution is 2.33. The number of carbonyl (C=O) groups excluding carboxylic acids is 1. The Labute approximate surface area is 122 Å². The predicted octanol–water partition coefficient (Wildman–Crippen LogP) is 1.46. The van der Waals surface area contributed by atoms with Crippen molar-refractivity contribution in [2.24, 2.45) is 0 Å². The van der Waals surface area contributed by atoms with Crippen molar-refractivity contribution in [1.82, 2.24) is 9.29 Å². The maximum absolute atomic E-state index is 11.8. The van der Waals surface area contributed by atoms with Crippen molar-refractivity contribution in [3.63, 3.8) is 0 Å². The fourth-order valence-electron chi connectivity index (χ4n) is 2.35. The number of aromatic nitrogens is 1. The van der Waals surface area contributed by atoms with Crippen molar-refractivity contribution >= 4 is 27.3 Å². The minimum Gasteiger partial charge on any atom is -0.461 e. The van der Waals surface area contributed by atoms with Gasteiger partial charge in [0.05, 0.1) is 18.4 Å². The minimum absolute atomic E-state index is 0.180. The van der Waals surface area contributed by atoms with Crippen LogP contribution in [0.2, 0.25) is 0 Å². The number of ether oxygens (including phenoxy) is 1. The van der Waals surface area contributed by atoms with Crippen LogP contribution in [-0.4, -0.2) is 49.6 Å². The second-order valence-electron chi connectivity index (χ2n) is 4.72. The molecule has 0 radical (unpaired) electrons. The molecule has 1 aromatic heterocycles. The van der Waals surface area contributed by atoms with Crippen LogP contribution in [0.5, 0.6) is 0 Å². The number of nitrogens with zero attached hydrogens (tertiary/aromatic N) is 2. The van der Waals surface area contributed by atoms with E-state index in [1.54, 1.807) is 12.4 Å². The molecule has 0 spiro atoms. The topological polar surface area (TPSA) is 76.6 Å². The van der Waals surface area contributed by atoms with E-state index in [4.69, 9.17) is 4.74 Å². The highest BCUT2D eigenvalue weighted by Gasteiger charge is 2.29. The number of carbonyl (C=O) groups is 1. The van der Waals surface area contributed by atoms with Gasteiger partial charge in [-0.05, 0) is 25.7 Å². The predicted molar refractivity (Wildman–Crippen MR) is 76.5 cm³/mol. The van der Waals surface area contributed by atoms with E-state index in [1.807, 2.05) is 0 Å². The van der Waals surface area contributed by atoms with Crippen molar-refractivity contribution in [3.05, 3.63) is 16.1 Å². The summed E-state index contributed by atoms with van der Waals surface area (Å²) >= 11 is 1.44. The van der Waals surface area contributed by atoms with E-state index in [1.165, 1.54) is 21.9 Å². The van der Waals surface area contributed by atoms with Crippen molar-refractivity contribution in [2.45, 2.75) is 25.7 Å². The van der Waals surface area contributed by atoms with Gasteiger partial charge in [-0.25, -0.2) is 22.5 Å². The summed E-state index contributed by atoms with van der Waals surface area (Å²) in [6.07, 6.45) is 2.65. The lowest BCUT2D eigenvalue weighted by molar-refractivity contribution is 0.0518. The standard InChI is InChI=1S/C12H18N2O4S2/c1-3-18-12(15)10-11(19-8-13-10)9-4-6-14(7-5-9)20(2,16)17/h8-9H,3-7H2,1-2H3. The van der Waals surface area contributed by atoms with Crippen LogP contribution >= 0.6 is 11.3 Å². The molecule has 112 valence electrons. The Morgan fingerprint density at radius 1 is 1.50 bits per heavy atom. The lowest BCUT2D eigenvalue weighted by Gasteiger charge is -2.29. The summed E-state index contributed by atoms with van der Waals surface area (Å²) in [5.41, 5.74) is 2.03. The zero-order valence-corrected chi connectivity index (χ0v) is 13.2. The molecule has 0 N–H and O–H groups in total. The van der Waals surface area contributed by atoms with Crippen LogP contribution in [0.1, 0.15) is 41.0 Å². The first kappa shape index (κ1) is 15.4. The quantitative estimate of drug-likeness (QED) is 0.786. The molecule has 0 aromatic carbocycles. The first-order chi connectivity index (χ1) is 9.43. The first-order valence-corrected chi connectivity index (χ1v) is 9.22. The molecule has 2 rings (SSSR count). The van der Waals surface area contributed by atoms with Gasteiger partial charge in [-0.3, -0.25) is 0 Å². The molecule has 20 heavy (non-hydrogen) atoms. The Balaban J connectivity index is 2.08. The monoisotopic (exact) mass is 318 g/mol. The van der Waals surface area contributed by atoms with E-state index in [0.29, 0.717) is 38.2 Å². The van der Waals surface area contributed by atoms with Gasteiger partial charge in [0.2, 0.25) is 10.0 Å². The number of sulfonamides is 1. The number of hydrogen-bond donors (Lipinski definition) is 0. The molecule has 0 atom stereocenters. The lowest BCUT2D eigenvalue weighted by Crippen LogP contribution is -2.37. The zero-order chi connectivity index (χ0) is 14.8. The SMILES string of the molecule is CCOC(=O)c1ncsc1C1CCN(S(C)(=O)=O)CC1. The molecule has 1 aliphatic heterocycles. The maximum atomic E-state index is 11.8. The molecule has 6 nitrogen and oxygen atoms in total. The number of thiazole rings is 1. The van der Waals surface area contributed by atoms with E-state index in [-0.39, 0.29) is 5.92 Å². The van der Waals surface area contributed by atoms with Gasteiger partial charge >= 0.3 is 5.97 Å². The summed E-state index contributed by atoms with van der Waals surface area (Å²) < 4.78 is 29.4. The maximum Gasteiger partial charge on any atom is 0.358 e. The molecular weight excluding hydrogens is 300 g/mol. The molecule has 0 aliphatic carbocycles. The molecule has 1 aromatic rings. The molecule has 1 aliphatic rings. The van der Waals surface area contributed by atoms with Crippen molar-refractivity contribution in [1.29, 1.82) is 0 Å². The molecule has 1 saturated heterocycles. The van der Waals surface area contributed by atoms with Gasteiger partial charge in [-0.2, -0.15) is 0 Å². The Hall–Kier alpha value is -0.990. The van der Waals surface area contributed by atoms with E-state index in [9.17, 15) is 13.2 Å². The third-order valence-electron chi connectivity index (χ3n) is 3.36. The van der Waals surface area contributed by atoms with Crippen LogP contribution in [0.3, 0.4) is 0 Å². The van der Waals surface area contributed by atoms with Crippen LogP contribution in [0.4, 0.5) is 0 Å². The van der Waals surface area contributed by atoms with Crippen LogP contribution < -0.4 is 0 Å². The molecule has 1 fully saturated rings. The highest BCUT2D eigenvalue weighted by atomic mass is 32.2. The Morgan fingerprint density at radius 3 is 2.70 bits per heavy atom. The van der Waals surface area contributed by atoms with Gasteiger partial charge in [0.1, 0.15) is 0 Å². The fourth-order valence-corrected chi connectivity index (χ4v) is 4.17. The summed E-state index contributed by atoms with van der Waals surface area (Å²) in [6.45, 7) is 3.06. The second-order valence-corrected chi connectivity index (χ2v) is 7.59. The van der Waals surface area contributed by atoms with Crippen molar-refractivity contribution in [3.8, 4) is 0 Å². The van der Waals surface area contributed by atoms with E-state index in [2.05, 4.69) is 4.98 Å². The van der Waals surface area contributed by atoms with E-state index >= 15 is 0 Å². The number of esters is 1. The van der Waals surface area contributed by atoms with Gasteiger partial charge in [-0.15, -0.1) is 11.3 Å². The summed E-state index contributed by atoms with van der Waals surface area (Å²) in [4.78, 5) is 16.8. The lowest BCUT2D eigenvalue weighted by atomic mass is 9.95. The van der Waals surface area contributed by atoms with Crippen LogP contribution in [0.25, 0.3) is 0 Å². The Kier molecular flexibility index (Phi) is 4.77. The number of hydrogen-bond acceptors (Lipinski definition) is 6. The average molecular weight is 318 g/mol. The van der Waals surface area contributed by atoms with Gasteiger partial charge in [0, 0.05) is 18.0 Å². The zero-order valence-electron chi connectivity index (χ0n) is 11.5. The van der Waals surface area contributed by atoms with Crippen molar-refractivity contribution in [2.75, 3.05) is 26.0 Å². The van der Waals surface area contributed by atoms with Crippen LogP contribution in [-0.2, 0) is 14.8 Å². The van der Waals surface area contributed by atoms with Gasteiger partial charge in [0.25, 0.3) is 0 Å². The smallest absolute Gasteiger partial charge is 0.358 e. The summed E-state index contributed by atoms with van der Waals surface area (Å²) in [5, 5.41) is 0. The summed E-state index contributed by atoms with van der Waals surface area (Å²) in [5.74, 6) is -0.214. The third-order valence-corrected chi connectivity index (χ3v) is 5.65.